The Morgan fingerprint density at radius 3 is 2.59 bits per heavy atom. The minimum absolute atomic E-state index is 0.0892. The molecule has 1 fully saturated rings. The zero-order valence-electron chi connectivity index (χ0n) is 10.8. The number of thiophene rings is 1. The fraction of sp³-hybridized carbons (Fsp3) is 0.692. The number of ether oxygens (including phenoxy) is 3. The van der Waals surface area contributed by atoms with Gasteiger partial charge in [0.25, 0.3) is 0 Å². The van der Waals surface area contributed by atoms with E-state index in [1.165, 1.54) is 6.42 Å². The minimum atomic E-state index is -0.0892. The van der Waals surface area contributed by atoms with Crippen molar-refractivity contribution in [3.63, 3.8) is 0 Å². The SMILES string of the molecule is CC1CCO1.CCOC(CC)Oc1cccs1. The highest BCUT2D eigenvalue weighted by atomic mass is 32.1. The second-order valence-electron chi connectivity index (χ2n) is 3.81. The molecule has 0 aliphatic carbocycles. The van der Waals surface area contributed by atoms with Crippen LogP contribution in [0.3, 0.4) is 0 Å². The van der Waals surface area contributed by atoms with Gasteiger partial charge in [-0.2, -0.15) is 0 Å². The van der Waals surface area contributed by atoms with Gasteiger partial charge in [-0.15, -0.1) is 11.3 Å². The lowest BCUT2D eigenvalue weighted by Gasteiger charge is -2.20. The van der Waals surface area contributed by atoms with Crippen LogP contribution in [0.25, 0.3) is 0 Å². The third kappa shape index (κ3) is 6.05. The van der Waals surface area contributed by atoms with Gasteiger partial charge in [-0.25, -0.2) is 0 Å². The molecular formula is C13H22O3S. The van der Waals surface area contributed by atoms with Gasteiger partial charge < -0.3 is 14.2 Å². The van der Waals surface area contributed by atoms with Gasteiger partial charge in [-0.1, -0.05) is 6.92 Å². The van der Waals surface area contributed by atoms with Crippen LogP contribution in [0.4, 0.5) is 0 Å². The Morgan fingerprint density at radius 1 is 1.53 bits per heavy atom. The van der Waals surface area contributed by atoms with Crippen LogP contribution in [-0.4, -0.2) is 25.6 Å². The van der Waals surface area contributed by atoms with E-state index in [2.05, 4.69) is 6.92 Å². The summed E-state index contributed by atoms with van der Waals surface area (Å²) >= 11 is 1.59. The molecule has 0 N–H and O–H groups in total. The molecule has 0 saturated carbocycles. The first-order valence-corrected chi connectivity index (χ1v) is 7.07. The van der Waals surface area contributed by atoms with E-state index < -0.39 is 0 Å². The summed E-state index contributed by atoms with van der Waals surface area (Å²) in [4.78, 5) is 0. The maximum absolute atomic E-state index is 5.54. The number of hydrogen-bond donors (Lipinski definition) is 0. The predicted octanol–water partition coefficient (Wildman–Crippen LogP) is 3.69. The Labute approximate surface area is 108 Å². The molecular weight excluding hydrogens is 236 g/mol. The van der Waals surface area contributed by atoms with Crippen molar-refractivity contribution in [1.82, 2.24) is 0 Å². The van der Waals surface area contributed by atoms with E-state index in [1.54, 1.807) is 11.3 Å². The summed E-state index contributed by atoms with van der Waals surface area (Å²) in [5.41, 5.74) is 0. The topological polar surface area (TPSA) is 27.7 Å². The summed E-state index contributed by atoms with van der Waals surface area (Å²) in [5, 5.41) is 2.92. The van der Waals surface area contributed by atoms with Crippen LogP contribution in [-0.2, 0) is 9.47 Å². The van der Waals surface area contributed by atoms with Crippen LogP contribution in [0.15, 0.2) is 17.5 Å². The smallest absolute Gasteiger partial charge is 0.200 e. The van der Waals surface area contributed by atoms with Gasteiger partial charge in [-0.3, -0.25) is 0 Å². The molecule has 0 radical (unpaired) electrons. The average Bonchev–Trinajstić information content (AvgIpc) is 2.79. The molecule has 2 atom stereocenters. The summed E-state index contributed by atoms with van der Waals surface area (Å²) < 4.78 is 15.8. The molecule has 2 heterocycles. The Kier molecular flexibility index (Phi) is 7.24. The molecule has 3 nitrogen and oxygen atoms in total. The van der Waals surface area contributed by atoms with Crippen molar-refractivity contribution in [2.24, 2.45) is 0 Å². The highest BCUT2D eigenvalue weighted by Gasteiger charge is 2.09. The average molecular weight is 258 g/mol. The Hall–Kier alpha value is -0.580. The van der Waals surface area contributed by atoms with Gasteiger partial charge in [0.15, 0.2) is 5.06 Å². The number of rotatable bonds is 5. The molecule has 0 spiro atoms. The lowest BCUT2D eigenvalue weighted by molar-refractivity contribution is -0.0746. The zero-order chi connectivity index (χ0) is 12.5. The normalized spacial score (nSPS) is 19.8. The third-order valence-corrected chi connectivity index (χ3v) is 3.11. The van der Waals surface area contributed by atoms with E-state index in [0.717, 1.165) is 18.1 Å². The molecule has 1 aromatic heterocycles. The summed E-state index contributed by atoms with van der Waals surface area (Å²) in [5.74, 6) is 0. The summed E-state index contributed by atoms with van der Waals surface area (Å²) in [6.07, 6.45) is 2.62. The Balaban J connectivity index is 0.000000239. The van der Waals surface area contributed by atoms with E-state index in [9.17, 15) is 0 Å². The van der Waals surface area contributed by atoms with Crippen molar-refractivity contribution in [3.8, 4) is 5.06 Å². The fourth-order valence-electron chi connectivity index (χ4n) is 1.23. The van der Waals surface area contributed by atoms with Crippen LogP contribution in [0.1, 0.15) is 33.6 Å². The predicted molar refractivity (Wildman–Crippen MR) is 70.7 cm³/mol. The van der Waals surface area contributed by atoms with Gasteiger partial charge in [0.2, 0.25) is 6.29 Å². The van der Waals surface area contributed by atoms with E-state index in [0.29, 0.717) is 12.7 Å². The minimum Gasteiger partial charge on any atom is -0.455 e. The van der Waals surface area contributed by atoms with Crippen LogP contribution >= 0.6 is 11.3 Å². The summed E-state index contributed by atoms with van der Waals surface area (Å²) in [6, 6.07) is 3.92. The highest BCUT2D eigenvalue weighted by Crippen LogP contribution is 2.20. The summed E-state index contributed by atoms with van der Waals surface area (Å²) in [6.45, 7) is 7.79. The van der Waals surface area contributed by atoms with Gasteiger partial charge in [0.05, 0.1) is 6.10 Å². The van der Waals surface area contributed by atoms with E-state index >= 15 is 0 Å². The molecule has 17 heavy (non-hydrogen) atoms. The van der Waals surface area contributed by atoms with Crippen molar-refractivity contribution in [1.29, 1.82) is 0 Å². The lowest BCUT2D eigenvalue weighted by Crippen LogP contribution is -2.22. The molecule has 0 aromatic carbocycles. The highest BCUT2D eigenvalue weighted by molar-refractivity contribution is 7.11. The molecule has 1 saturated heterocycles. The third-order valence-electron chi connectivity index (χ3n) is 2.36. The standard InChI is InChI=1S/C9H14O2S.C4H8O/c1-3-8(10-4-2)11-9-6-5-7-12-9;1-4-2-3-5-4/h5-8H,3-4H2,1-2H3;4H,2-3H2,1H3. The molecule has 0 bridgehead atoms. The molecule has 1 aromatic rings. The molecule has 2 unspecified atom stereocenters. The second-order valence-corrected chi connectivity index (χ2v) is 4.72. The first-order valence-electron chi connectivity index (χ1n) is 6.19. The number of hydrogen-bond acceptors (Lipinski definition) is 4. The molecule has 0 amide bonds. The second kappa shape index (κ2) is 8.50. The molecule has 1 aliphatic rings. The first-order chi connectivity index (χ1) is 8.26. The van der Waals surface area contributed by atoms with E-state index in [-0.39, 0.29) is 6.29 Å². The van der Waals surface area contributed by atoms with Gasteiger partial charge >= 0.3 is 0 Å². The van der Waals surface area contributed by atoms with Gasteiger partial charge in [0, 0.05) is 19.6 Å². The zero-order valence-corrected chi connectivity index (χ0v) is 11.7. The van der Waals surface area contributed by atoms with Crippen molar-refractivity contribution in [2.45, 2.75) is 46.0 Å². The van der Waals surface area contributed by atoms with Crippen LogP contribution in [0.2, 0.25) is 0 Å². The Morgan fingerprint density at radius 2 is 2.24 bits per heavy atom. The lowest BCUT2D eigenvalue weighted by atomic mass is 10.2. The van der Waals surface area contributed by atoms with Crippen LogP contribution < -0.4 is 4.74 Å². The van der Waals surface area contributed by atoms with Crippen LogP contribution in [0, 0.1) is 0 Å². The van der Waals surface area contributed by atoms with E-state index in [4.69, 9.17) is 14.2 Å². The quantitative estimate of drug-likeness (QED) is 0.754. The maximum atomic E-state index is 5.54. The van der Waals surface area contributed by atoms with Crippen LogP contribution in [0.5, 0.6) is 5.06 Å². The maximum Gasteiger partial charge on any atom is 0.200 e. The first kappa shape index (κ1) is 14.5. The van der Waals surface area contributed by atoms with E-state index in [1.807, 2.05) is 31.4 Å². The van der Waals surface area contributed by atoms with Crippen molar-refractivity contribution in [3.05, 3.63) is 17.5 Å². The fourth-order valence-corrected chi connectivity index (χ4v) is 1.85. The molecule has 4 heteroatoms. The largest absolute Gasteiger partial charge is 0.455 e. The van der Waals surface area contributed by atoms with Crippen molar-refractivity contribution in [2.75, 3.05) is 13.2 Å². The summed E-state index contributed by atoms with van der Waals surface area (Å²) in [7, 11) is 0. The molecule has 2 rings (SSSR count). The van der Waals surface area contributed by atoms with Crippen molar-refractivity contribution < 1.29 is 14.2 Å². The van der Waals surface area contributed by atoms with Crippen molar-refractivity contribution >= 4 is 11.3 Å². The Bertz CT molecular complexity index is 270. The monoisotopic (exact) mass is 258 g/mol. The van der Waals surface area contributed by atoms with Gasteiger partial charge in [0.1, 0.15) is 0 Å². The molecule has 1 aliphatic heterocycles. The van der Waals surface area contributed by atoms with Gasteiger partial charge in [-0.05, 0) is 37.8 Å². The molecule has 98 valence electrons.